The molecule has 1 unspecified atom stereocenters. The average molecular weight is 288 g/mol. The van der Waals surface area contributed by atoms with Crippen molar-refractivity contribution in [2.45, 2.75) is 12.6 Å². The lowest BCUT2D eigenvalue weighted by atomic mass is 10.2. The van der Waals surface area contributed by atoms with E-state index in [1.54, 1.807) is 16.2 Å². The van der Waals surface area contributed by atoms with Gasteiger partial charge in [0.2, 0.25) is 5.91 Å². The minimum Gasteiger partial charge on any atom is -0.322 e. The van der Waals surface area contributed by atoms with Crippen molar-refractivity contribution in [2.75, 3.05) is 25.1 Å². The second-order valence-electron chi connectivity index (χ2n) is 4.41. The molecule has 100 valence electrons. The fourth-order valence-electron chi connectivity index (χ4n) is 2.02. The van der Waals surface area contributed by atoms with Gasteiger partial charge in [-0.1, -0.05) is 0 Å². The molecule has 1 atom stereocenters. The molecule has 1 fully saturated rings. The Bertz CT molecular complexity index is 510. The first-order valence-electron chi connectivity index (χ1n) is 5.70. The summed E-state index contributed by atoms with van der Waals surface area (Å²) in [5.41, 5.74) is 1.06. The van der Waals surface area contributed by atoms with Gasteiger partial charge >= 0.3 is 0 Å². The minimum absolute atomic E-state index is 0.0275. The summed E-state index contributed by atoms with van der Waals surface area (Å²) in [6, 6.07) is 1.98. The van der Waals surface area contributed by atoms with Crippen LogP contribution in [0.4, 0.5) is 0 Å². The van der Waals surface area contributed by atoms with Crippen LogP contribution in [0.3, 0.4) is 0 Å². The van der Waals surface area contributed by atoms with Crippen molar-refractivity contribution in [1.82, 2.24) is 10.2 Å². The lowest BCUT2D eigenvalue weighted by Gasteiger charge is -2.23. The molecule has 1 aliphatic heterocycles. The lowest BCUT2D eigenvalue weighted by molar-refractivity contribution is -0.128. The van der Waals surface area contributed by atoms with Crippen LogP contribution in [-0.4, -0.2) is 44.3 Å². The Kier molecular flexibility index (Phi) is 4.04. The van der Waals surface area contributed by atoms with Crippen LogP contribution in [0.5, 0.6) is 0 Å². The summed E-state index contributed by atoms with van der Waals surface area (Å²) in [7, 11) is -2.96. The molecule has 1 aromatic heterocycles. The Morgan fingerprint density at radius 3 is 2.94 bits per heavy atom. The van der Waals surface area contributed by atoms with Crippen molar-refractivity contribution in [3.63, 3.8) is 0 Å². The predicted octanol–water partition coefficient (Wildman–Crippen LogP) is 0.613. The molecular formula is C11H16N2O3S2. The number of rotatable bonds is 5. The van der Waals surface area contributed by atoms with Crippen molar-refractivity contribution in [1.29, 1.82) is 0 Å². The SMILES string of the molecule is CS(=O)(=O)CCCN1C(=O)CNC1c1ccsc1. The first-order chi connectivity index (χ1) is 8.47. The van der Waals surface area contributed by atoms with Gasteiger partial charge in [0.05, 0.1) is 12.3 Å². The number of carbonyl (C=O) groups excluding carboxylic acids is 1. The maximum Gasteiger partial charge on any atom is 0.238 e. The van der Waals surface area contributed by atoms with Crippen LogP contribution in [0.1, 0.15) is 18.2 Å². The Balaban J connectivity index is 1.98. The van der Waals surface area contributed by atoms with Crippen LogP contribution in [0.25, 0.3) is 0 Å². The zero-order valence-corrected chi connectivity index (χ0v) is 11.8. The van der Waals surface area contributed by atoms with E-state index in [4.69, 9.17) is 0 Å². The first-order valence-corrected chi connectivity index (χ1v) is 8.70. The number of thiophene rings is 1. The Morgan fingerprint density at radius 1 is 1.56 bits per heavy atom. The van der Waals surface area contributed by atoms with E-state index in [9.17, 15) is 13.2 Å². The second kappa shape index (κ2) is 5.38. The van der Waals surface area contributed by atoms with Gasteiger partial charge in [-0.3, -0.25) is 10.1 Å². The smallest absolute Gasteiger partial charge is 0.238 e. The van der Waals surface area contributed by atoms with Crippen molar-refractivity contribution in [3.05, 3.63) is 22.4 Å². The Hall–Kier alpha value is -0.920. The van der Waals surface area contributed by atoms with Crippen LogP contribution in [0.2, 0.25) is 0 Å². The third-order valence-corrected chi connectivity index (χ3v) is 4.58. The van der Waals surface area contributed by atoms with E-state index >= 15 is 0 Å². The topological polar surface area (TPSA) is 66.5 Å². The quantitative estimate of drug-likeness (QED) is 0.862. The number of nitrogens with zero attached hydrogens (tertiary/aromatic N) is 1. The molecule has 1 aromatic rings. The molecule has 1 aliphatic rings. The highest BCUT2D eigenvalue weighted by Crippen LogP contribution is 2.24. The summed E-state index contributed by atoms with van der Waals surface area (Å²) in [5.74, 6) is 0.146. The molecule has 2 heterocycles. The molecule has 18 heavy (non-hydrogen) atoms. The van der Waals surface area contributed by atoms with Gasteiger partial charge in [0.15, 0.2) is 0 Å². The van der Waals surface area contributed by atoms with Crippen LogP contribution in [-0.2, 0) is 14.6 Å². The largest absolute Gasteiger partial charge is 0.322 e. The third kappa shape index (κ3) is 3.30. The van der Waals surface area contributed by atoms with E-state index in [2.05, 4.69) is 5.32 Å². The maximum atomic E-state index is 11.8. The molecular weight excluding hydrogens is 272 g/mol. The number of hydrogen-bond acceptors (Lipinski definition) is 5. The average Bonchev–Trinajstić information content (AvgIpc) is 2.87. The summed E-state index contributed by atoms with van der Waals surface area (Å²) in [4.78, 5) is 13.5. The van der Waals surface area contributed by atoms with E-state index in [1.165, 1.54) is 6.26 Å². The molecule has 0 spiro atoms. The summed E-state index contributed by atoms with van der Waals surface area (Å²) >= 11 is 1.58. The minimum atomic E-state index is -2.96. The van der Waals surface area contributed by atoms with E-state index in [0.29, 0.717) is 19.5 Å². The van der Waals surface area contributed by atoms with E-state index in [0.717, 1.165) is 5.56 Å². The van der Waals surface area contributed by atoms with Gasteiger partial charge in [-0.05, 0) is 28.8 Å². The monoisotopic (exact) mass is 288 g/mol. The molecule has 5 nitrogen and oxygen atoms in total. The molecule has 2 rings (SSSR count). The summed E-state index contributed by atoms with van der Waals surface area (Å²) in [6.07, 6.45) is 1.59. The number of sulfone groups is 1. The highest BCUT2D eigenvalue weighted by atomic mass is 32.2. The first kappa shape index (κ1) is 13.5. The molecule has 7 heteroatoms. The van der Waals surface area contributed by atoms with Gasteiger partial charge in [-0.15, -0.1) is 0 Å². The maximum absolute atomic E-state index is 11.8. The van der Waals surface area contributed by atoms with E-state index < -0.39 is 9.84 Å². The molecule has 0 aliphatic carbocycles. The van der Waals surface area contributed by atoms with Crippen LogP contribution < -0.4 is 5.32 Å². The van der Waals surface area contributed by atoms with Crippen LogP contribution in [0, 0.1) is 0 Å². The van der Waals surface area contributed by atoms with Gasteiger partial charge in [-0.2, -0.15) is 11.3 Å². The number of carbonyl (C=O) groups is 1. The van der Waals surface area contributed by atoms with Gasteiger partial charge in [0, 0.05) is 12.8 Å². The van der Waals surface area contributed by atoms with Crippen LogP contribution in [0.15, 0.2) is 16.8 Å². The second-order valence-corrected chi connectivity index (χ2v) is 7.45. The molecule has 1 saturated heterocycles. The third-order valence-electron chi connectivity index (χ3n) is 2.85. The van der Waals surface area contributed by atoms with Gasteiger partial charge < -0.3 is 4.90 Å². The Labute approximate surface area is 111 Å². The van der Waals surface area contributed by atoms with E-state index in [-0.39, 0.29) is 17.8 Å². The molecule has 0 bridgehead atoms. The summed E-state index contributed by atoms with van der Waals surface area (Å²) in [5, 5.41) is 7.11. The molecule has 1 amide bonds. The predicted molar refractivity (Wildman–Crippen MR) is 71.1 cm³/mol. The zero-order valence-electron chi connectivity index (χ0n) is 10.1. The van der Waals surface area contributed by atoms with Crippen molar-refractivity contribution in [2.24, 2.45) is 0 Å². The normalized spacial score (nSPS) is 20.6. The summed E-state index contributed by atoms with van der Waals surface area (Å²) in [6.45, 7) is 0.790. The van der Waals surface area contributed by atoms with Crippen molar-refractivity contribution < 1.29 is 13.2 Å². The number of hydrogen-bond donors (Lipinski definition) is 1. The highest BCUT2D eigenvalue weighted by molar-refractivity contribution is 7.90. The number of nitrogens with one attached hydrogen (secondary N) is 1. The molecule has 0 aromatic carbocycles. The van der Waals surface area contributed by atoms with E-state index in [1.807, 2.05) is 16.8 Å². The number of amides is 1. The van der Waals surface area contributed by atoms with Gasteiger partial charge in [0.1, 0.15) is 16.0 Å². The van der Waals surface area contributed by atoms with Gasteiger partial charge in [-0.25, -0.2) is 8.42 Å². The fraction of sp³-hybridized carbons (Fsp3) is 0.545. The molecule has 1 N–H and O–H groups in total. The van der Waals surface area contributed by atoms with Crippen LogP contribution >= 0.6 is 11.3 Å². The molecule has 0 radical (unpaired) electrons. The van der Waals surface area contributed by atoms with Gasteiger partial charge in [0.25, 0.3) is 0 Å². The summed E-state index contributed by atoms with van der Waals surface area (Å²) < 4.78 is 22.2. The highest BCUT2D eigenvalue weighted by Gasteiger charge is 2.31. The van der Waals surface area contributed by atoms with Crippen molar-refractivity contribution in [3.8, 4) is 0 Å². The fourth-order valence-corrected chi connectivity index (χ4v) is 3.35. The van der Waals surface area contributed by atoms with Crippen molar-refractivity contribution >= 4 is 27.1 Å². The lowest BCUT2D eigenvalue weighted by Crippen LogP contribution is -2.31. The zero-order chi connectivity index (χ0) is 13.2. The molecule has 0 saturated carbocycles. The Morgan fingerprint density at radius 2 is 2.33 bits per heavy atom. The standard InChI is InChI=1S/C11H16N2O3S2/c1-18(15,16)6-2-4-13-10(14)7-12-11(13)9-3-5-17-8-9/h3,5,8,11-12H,2,4,6-7H2,1H3.